The van der Waals surface area contributed by atoms with Crippen LogP contribution in [0.25, 0.3) is 0 Å². The highest BCUT2D eigenvalue weighted by atomic mass is 16.4. The molecule has 0 aliphatic carbocycles. The summed E-state index contributed by atoms with van der Waals surface area (Å²) in [5, 5.41) is 8.73. The number of anilines is 1. The highest BCUT2D eigenvalue weighted by Gasteiger charge is 2.10. The summed E-state index contributed by atoms with van der Waals surface area (Å²) < 4.78 is 0. The summed E-state index contributed by atoms with van der Waals surface area (Å²) >= 11 is 0. The molecule has 1 N–H and O–H groups in total. The molecule has 0 heterocycles. The topological polar surface area (TPSA) is 40.5 Å². The minimum Gasteiger partial charge on any atom is -0.481 e. The van der Waals surface area contributed by atoms with Gasteiger partial charge in [-0.05, 0) is 18.1 Å². The van der Waals surface area contributed by atoms with E-state index in [1.807, 2.05) is 29.2 Å². The maximum absolute atomic E-state index is 10.6. The molecule has 0 atom stereocenters. The standard InChI is InChI=1S/C14H17NO2/c1-3-10-15(11-9-14(16)17)13-8-6-5-7-12(13)4-2/h1,5-8H,4,9-11H2,2H3,(H,16,17). The molecule has 0 bridgehead atoms. The Labute approximate surface area is 102 Å². The van der Waals surface area contributed by atoms with Crippen molar-refractivity contribution in [2.75, 3.05) is 18.0 Å². The molecule has 0 saturated heterocycles. The molecule has 1 rings (SSSR count). The zero-order valence-corrected chi connectivity index (χ0v) is 10.0. The van der Waals surface area contributed by atoms with Crippen molar-refractivity contribution in [2.24, 2.45) is 0 Å². The number of hydrogen-bond acceptors (Lipinski definition) is 2. The van der Waals surface area contributed by atoms with Crippen LogP contribution in [0.5, 0.6) is 0 Å². The van der Waals surface area contributed by atoms with Gasteiger partial charge in [0.25, 0.3) is 0 Å². The minimum absolute atomic E-state index is 0.0970. The van der Waals surface area contributed by atoms with Crippen LogP contribution in [0.15, 0.2) is 24.3 Å². The van der Waals surface area contributed by atoms with E-state index < -0.39 is 5.97 Å². The van der Waals surface area contributed by atoms with Crippen LogP contribution >= 0.6 is 0 Å². The van der Waals surface area contributed by atoms with Gasteiger partial charge < -0.3 is 10.0 Å². The zero-order chi connectivity index (χ0) is 12.7. The van der Waals surface area contributed by atoms with Gasteiger partial charge in [-0.15, -0.1) is 6.42 Å². The number of aryl methyl sites for hydroxylation is 1. The van der Waals surface area contributed by atoms with Crippen LogP contribution in [-0.2, 0) is 11.2 Å². The molecule has 0 amide bonds. The number of aliphatic carboxylic acids is 1. The fourth-order valence-electron chi connectivity index (χ4n) is 1.74. The monoisotopic (exact) mass is 231 g/mol. The van der Waals surface area contributed by atoms with E-state index in [2.05, 4.69) is 12.8 Å². The number of hydrogen-bond donors (Lipinski definition) is 1. The first-order chi connectivity index (χ1) is 8.19. The van der Waals surface area contributed by atoms with Crippen molar-refractivity contribution in [1.29, 1.82) is 0 Å². The molecule has 0 aliphatic rings. The molecule has 3 nitrogen and oxygen atoms in total. The lowest BCUT2D eigenvalue weighted by molar-refractivity contribution is -0.136. The van der Waals surface area contributed by atoms with Crippen LogP contribution in [0.1, 0.15) is 18.9 Å². The third-order valence-electron chi connectivity index (χ3n) is 2.59. The average Bonchev–Trinajstić information content (AvgIpc) is 2.34. The number of terminal acetylenes is 1. The van der Waals surface area contributed by atoms with E-state index in [-0.39, 0.29) is 6.42 Å². The molecule has 0 unspecified atom stereocenters. The lowest BCUT2D eigenvalue weighted by atomic mass is 10.1. The highest BCUT2D eigenvalue weighted by molar-refractivity contribution is 5.68. The van der Waals surface area contributed by atoms with Gasteiger partial charge in [0.15, 0.2) is 0 Å². The maximum Gasteiger partial charge on any atom is 0.305 e. The summed E-state index contributed by atoms with van der Waals surface area (Å²) in [4.78, 5) is 12.6. The van der Waals surface area contributed by atoms with Crippen LogP contribution in [0, 0.1) is 12.3 Å². The quantitative estimate of drug-likeness (QED) is 0.763. The molecule has 0 spiro atoms. The summed E-state index contributed by atoms with van der Waals surface area (Å²) in [6, 6.07) is 7.95. The SMILES string of the molecule is C#CCN(CCC(=O)O)c1ccccc1CC. The third-order valence-corrected chi connectivity index (χ3v) is 2.59. The van der Waals surface area contributed by atoms with Gasteiger partial charge in [-0.3, -0.25) is 4.79 Å². The van der Waals surface area contributed by atoms with Crippen LogP contribution in [0.2, 0.25) is 0 Å². The Hall–Kier alpha value is -1.95. The number of nitrogens with zero attached hydrogens (tertiary/aromatic N) is 1. The largest absolute Gasteiger partial charge is 0.481 e. The van der Waals surface area contributed by atoms with Gasteiger partial charge in [0.05, 0.1) is 13.0 Å². The Balaban J connectivity index is 2.88. The lowest BCUT2D eigenvalue weighted by Gasteiger charge is -2.24. The van der Waals surface area contributed by atoms with Gasteiger partial charge in [-0.2, -0.15) is 0 Å². The van der Waals surface area contributed by atoms with E-state index in [4.69, 9.17) is 11.5 Å². The number of carbonyl (C=O) groups is 1. The second-order valence-corrected chi connectivity index (χ2v) is 3.75. The Morgan fingerprint density at radius 2 is 2.18 bits per heavy atom. The lowest BCUT2D eigenvalue weighted by Crippen LogP contribution is -2.27. The fraction of sp³-hybridized carbons (Fsp3) is 0.357. The molecule has 17 heavy (non-hydrogen) atoms. The molecule has 0 aromatic heterocycles. The van der Waals surface area contributed by atoms with Gasteiger partial charge in [0, 0.05) is 12.2 Å². The third kappa shape index (κ3) is 3.84. The molecule has 1 aromatic carbocycles. The summed E-state index contributed by atoms with van der Waals surface area (Å²) in [6.07, 6.45) is 6.33. The van der Waals surface area contributed by atoms with Gasteiger partial charge in [-0.1, -0.05) is 31.0 Å². The first kappa shape index (κ1) is 13.1. The van der Waals surface area contributed by atoms with E-state index in [0.29, 0.717) is 13.1 Å². The summed E-state index contributed by atoms with van der Waals surface area (Å²) in [7, 11) is 0. The fourth-order valence-corrected chi connectivity index (χ4v) is 1.74. The second-order valence-electron chi connectivity index (χ2n) is 3.75. The van der Waals surface area contributed by atoms with E-state index >= 15 is 0 Å². The van der Waals surface area contributed by atoms with Crippen molar-refractivity contribution in [1.82, 2.24) is 0 Å². The number of carboxylic acids is 1. The summed E-state index contributed by atoms with van der Waals surface area (Å²) in [5.41, 5.74) is 2.22. The van der Waals surface area contributed by atoms with Crippen LogP contribution in [-0.4, -0.2) is 24.2 Å². The Bertz CT molecular complexity index is 420. The number of benzene rings is 1. The first-order valence-corrected chi connectivity index (χ1v) is 5.67. The van der Waals surface area contributed by atoms with E-state index in [0.717, 1.165) is 12.1 Å². The minimum atomic E-state index is -0.805. The number of rotatable bonds is 6. The van der Waals surface area contributed by atoms with Crippen molar-refractivity contribution in [2.45, 2.75) is 19.8 Å². The van der Waals surface area contributed by atoms with Crippen molar-refractivity contribution in [3.63, 3.8) is 0 Å². The molecule has 0 radical (unpaired) electrons. The van der Waals surface area contributed by atoms with Crippen molar-refractivity contribution >= 4 is 11.7 Å². The average molecular weight is 231 g/mol. The molecular formula is C14H17NO2. The van der Waals surface area contributed by atoms with Crippen molar-refractivity contribution in [3.8, 4) is 12.3 Å². The molecule has 0 fully saturated rings. The second kappa shape index (κ2) is 6.59. The maximum atomic E-state index is 10.6. The van der Waals surface area contributed by atoms with Crippen molar-refractivity contribution in [3.05, 3.63) is 29.8 Å². The van der Waals surface area contributed by atoms with E-state index in [9.17, 15) is 4.79 Å². The van der Waals surface area contributed by atoms with Gasteiger partial charge in [0.2, 0.25) is 0 Å². The van der Waals surface area contributed by atoms with E-state index in [1.54, 1.807) is 0 Å². The summed E-state index contributed by atoms with van der Waals surface area (Å²) in [6.45, 7) is 2.95. The van der Waals surface area contributed by atoms with Crippen LogP contribution in [0.3, 0.4) is 0 Å². The van der Waals surface area contributed by atoms with E-state index in [1.165, 1.54) is 5.56 Å². The Morgan fingerprint density at radius 1 is 1.47 bits per heavy atom. The van der Waals surface area contributed by atoms with Gasteiger partial charge >= 0.3 is 5.97 Å². The van der Waals surface area contributed by atoms with Crippen LogP contribution in [0.4, 0.5) is 5.69 Å². The smallest absolute Gasteiger partial charge is 0.305 e. The normalized spacial score (nSPS) is 9.65. The molecule has 90 valence electrons. The molecule has 0 saturated carbocycles. The summed E-state index contributed by atoms with van der Waals surface area (Å²) in [5.74, 6) is 1.77. The molecular weight excluding hydrogens is 214 g/mol. The zero-order valence-electron chi connectivity index (χ0n) is 10.0. The first-order valence-electron chi connectivity index (χ1n) is 5.67. The predicted molar refractivity (Wildman–Crippen MR) is 69.1 cm³/mol. The van der Waals surface area contributed by atoms with Crippen LogP contribution < -0.4 is 4.90 Å². The van der Waals surface area contributed by atoms with Gasteiger partial charge in [-0.25, -0.2) is 0 Å². The van der Waals surface area contributed by atoms with Gasteiger partial charge in [0.1, 0.15) is 0 Å². The number of para-hydroxylation sites is 1. The highest BCUT2D eigenvalue weighted by Crippen LogP contribution is 2.20. The number of carboxylic acid groups (broad SMARTS) is 1. The molecule has 0 aliphatic heterocycles. The Morgan fingerprint density at radius 3 is 2.76 bits per heavy atom. The molecule has 1 aromatic rings. The Kier molecular flexibility index (Phi) is 5.09. The van der Waals surface area contributed by atoms with Crippen molar-refractivity contribution < 1.29 is 9.90 Å². The molecule has 3 heteroatoms. The predicted octanol–water partition coefficient (Wildman–Crippen LogP) is 2.16.